The molecule has 1 saturated carbocycles. The van der Waals surface area contributed by atoms with E-state index in [9.17, 15) is 19.2 Å². The number of hydrogen-bond donors (Lipinski definition) is 2. The number of ether oxygens (including phenoxy) is 2. The van der Waals surface area contributed by atoms with Crippen LogP contribution in [-0.4, -0.2) is 42.4 Å². The fourth-order valence-electron chi connectivity index (χ4n) is 3.13. The van der Waals surface area contributed by atoms with Crippen molar-refractivity contribution in [2.45, 2.75) is 70.9 Å². The first-order valence-corrected chi connectivity index (χ1v) is 10.5. The molecule has 8 heteroatoms. The number of nitrogens with one attached hydrogen (secondary N) is 2. The highest BCUT2D eigenvalue weighted by Gasteiger charge is 2.23. The van der Waals surface area contributed by atoms with Crippen LogP contribution >= 0.6 is 0 Å². The molecule has 0 aromatic heterocycles. The molecule has 3 amide bonds. The predicted molar refractivity (Wildman–Crippen MR) is 110 cm³/mol. The van der Waals surface area contributed by atoms with Gasteiger partial charge in [0.05, 0.1) is 13.0 Å². The maximum atomic E-state index is 12.2. The number of benzene rings is 1. The molecule has 30 heavy (non-hydrogen) atoms. The number of hydrogen-bond acceptors (Lipinski definition) is 6. The van der Waals surface area contributed by atoms with Gasteiger partial charge in [0.15, 0.2) is 11.9 Å². The van der Waals surface area contributed by atoms with Crippen molar-refractivity contribution in [3.63, 3.8) is 0 Å². The van der Waals surface area contributed by atoms with Gasteiger partial charge >= 0.3 is 12.0 Å². The van der Waals surface area contributed by atoms with Gasteiger partial charge in [0.1, 0.15) is 5.75 Å². The lowest BCUT2D eigenvalue weighted by atomic mass is 10.1. The number of carbonyl (C=O) groups is 4. The van der Waals surface area contributed by atoms with E-state index < -0.39 is 24.0 Å². The molecule has 1 fully saturated rings. The topological polar surface area (TPSA) is 111 Å². The van der Waals surface area contributed by atoms with Crippen LogP contribution in [0.3, 0.4) is 0 Å². The fourth-order valence-corrected chi connectivity index (χ4v) is 3.13. The summed E-state index contributed by atoms with van der Waals surface area (Å²) in [5.74, 6) is -0.899. The van der Waals surface area contributed by atoms with Crippen LogP contribution in [0.2, 0.25) is 0 Å². The zero-order chi connectivity index (χ0) is 21.9. The number of imide groups is 1. The van der Waals surface area contributed by atoms with Crippen molar-refractivity contribution in [1.82, 2.24) is 10.6 Å². The summed E-state index contributed by atoms with van der Waals surface area (Å²) in [6.07, 6.45) is 3.49. The van der Waals surface area contributed by atoms with Crippen molar-refractivity contribution in [2.75, 3.05) is 6.61 Å². The Hall–Kier alpha value is -2.90. The second-order valence-electron chi connectivity index (χ2n) is 7.37. The first kappa shape index (κ1) is 23.4. The Morgan fingerprint density at radius 1 is 1.07 bits per heavy atom. The first-order valence-electron chi connectivity index (χ1n) is 10.5. The summed E-state index contributed by atoms with van der Waals surface area (Å²) < 4.78 is 10.5. The van der Waals surface area contributed by atoms with E-state index >= 15 is 0 Å². The average molecular weight is 418 g/mol. The fraction of sp³-hybridized carbons (Fsp3) is 0.545. The molecule has 1 aromatic rings. The predicted octanol–water partition coefficient (Wildman–Crippen LogP) is 3.14. The zero-order valence-corrected chi connectivity index (χ0v) is 17.6. The van der Waals surface area contributed by atoms with Crippen LogP contribution in [0.5, 0.6) is 5.75 Å². The highest BCUT2D eigenvalue weighted by Crippen LogP contribution is 2.17. The van der Waals surface area contributed by atoms with E-state index in [4.69, 9.17) is 9.47 Å². The largest absolute Gasteiger partial charge is 0.494 e. The Morgan fingerprint density at radius 3 is 2.37 bits per heavy atom. The number of amides is 3. The lowest BCUT2D eigenvalue weighted by molar-refractivity contribution is -0.154. The zero-order valence-electron chi connectivity index (χ0n) is 17.6. The van der Waals surface area contributed by atoms with Crippen molar-refractivity contribution in [3.05, 3.63) is 29.8 Å². The third kappa shape index (κ3) is 7.85. The van der Waals surface area contributed by atoms with Crippen LogP contribution in [0.15, 0.2) is 24.3 Å². The number of esters is 1. The monoisotopic (exact) mass is 418 g/mol. The molecule has 1 aliphatic carbocycles. The van der Waals surface area contributed by atoms with Crippen molar-refractivity contribution in [1.29, 1.82) is 0 Å². The van der Waals surface area contributed by atoms with E-state index in [1.165, 1.54) is 6.92 Å². The summed E-state index contributed by atoms with van der Waals surface area (Å²) in [6, 6.07) is 6.22. The van der Waals surface area contributed by atoms with Gasteiger partial charge in [0.2, 0.25) is 0 Å². The normalized spacial score (nSPS) is 14.6. The molecule has 0 unspecified atom stereocenters. The van der Waals surface area contributed by atoms with Crippen molar-refractivity contribution >= 4 is 23.7 Å². The molecule has 164 valence electrons. The molecule has 0 heterocycles. The van der Waals surface area contributed by atoms with Gasteiger partial charge in [-0.1, -0.05) is 19.8 Å². The molecule has 0 aliphatic heterocycles. The SMILES string of the molecule is CCCOc1ccc(C(=O)CCC(=O)O[C@@H](C)C(=O)NC(=O)NC2CCCC2)cc1. The van der Waals surface area contributed by atoms with Gasteiger partial charge in [0.25, 0.3) is 5.91 Å². The summed E-state index contributed by atoms with van der Waals surface area (Å²) >= 11 is 0. The molecule has 0 radical (unpaired) electrons. The summed E-state index contributed by atoms with van der Waals surface area (Å²) in [5, 5.41) is 4.90. The number of Topliss-reactive ketones (excluding diaryl/α,β-unsaturated/α-hetero) is 1. The molecule has 2 rings (SSSR count). The molecule has 1 aliphatic rings. The van der Waals surface area contributed by atoms with E-state index in [0.717, 1.165) is 32.1 Å². The lowest BCUT2D eigenvalue weighted by Crippen LogP contribution is -2.47. The highest BCUT2D eigenvalue weighted by atomic mass is 16.5. The van der Waals surface area contributed by atoms with Crippen molar-refractivity contribution < 1.29 is 28.7 Å². The van der Waals surface area contributed by atoms with Crippen molar-refractivity contribution in [2.24, 2.45) is 0 Å². The summed E-state index contributed by atoms with van der Waals surface area (Å²) in [4.78, 5) is 48.0. The van der Waals surface area contributed by atoms with E-state index in [1.807, 2.05) is 6.92 Å². The van der Waals surface area contributed by atoms with E-state index in [-0.39, 0.29) is 24.7 Å². The number of rotatable bonds is 10. The maximum absolute atomic E-state index is 12.2. The molecule has 0 spiro atoms. The maximum Gasteiger partial charge on any atom is 0.321 e. The molecule has 8 nitrogen and oxygen atoms in total. The van der Waals surface area contributed by atoms with Crippen LogP contribution in [0.1, 0.15) is 69.2 Å². The van der Waals surface area contributed by atoms with Gasteiger partial charge in [-0.15, -0.1) is 0 Å². The number of urea groups is 1. The van der Waals surface area contributed by atoms with Crippen LogP contribution < -0.4 is 15.4 Å². The number of carbonyl (C=O) groups excluding carboxylic acids is 4. The van der Waals surface area contributed by atoms with Gasteiger partial charge in [-0.05, 0) is 50.5 Å². The third-order valence-electron chi connectivity index (χ3n) is 4.81. The molecule has 0 bridgehead atoms. The molecule has 1 atom stereocenters. The van der Waals surface area contributed by atoms with Gasteiger partial charge < -0.3 is 14.8 Å². The van der Waals surface area contributed by atoms with E-state index in [0.29, 0.717) is 17.9 Å². The van der Waals surface area contributed by atoms with Gasteiger partial charge in [-0.25, -0.2) is 4.79 Å². The minimum absolute atomic E-state index is 0.0372. The standard InChI is InChI=1S/C22H30N2O6/c1-3-14-29-18-10-8-16(9-11-18)19(25)12-13-20(26)30-15(2)21(27)24-22(28)23-17-6-4-5-7-17/h8-11,15,17H,3-7,12-14H2,1-2H3,(H2,23,24,27,28)/t15-/m0/s1. The quantitative estimate of drug-likeness (QED) is 0.446. The summed E-state index contributed by atoms with van der Waals surface area (Å²) in [5.41, 5.74) is 0.473. The first-order chi connectivity index (χ1) is 14.4. The second kappa shape index (κ2) is 11.9. The molecule has 2 N–H and O–H groups in total. The Kier molecular flexibility index (Phi) is 9.31. The highest BCUT2D eigenvalue weighted by molar-refractivity contribution is 5.99. The minimum atomic E-state index is -1.13. The summed E-state index contributed by atoms with van der Waals surface area (Å²) in [6.45, 7) is 3.99. The van der Waals surface area contributed by atoms with Crippen LogP contribution in [-0.2, 0) is 14.3 Å². The Labute approximate surface area is 176 Å². The van der Waals surface area contributed by atoms with Crippen LogP contribution in [0.25, 0.3) is 0 Å². The van der Waals surface area contributed by atoms with Crippen molar-refractivity contribution in [3.8, 4) is 5.75 Å². The second-order valence-corrected chi connectivity index (χ2v) is 7.37. The molecular weight excluding hydrogens is 388 g/mol. The van der Waals surface area contributed by atoms with Gasteiger partial charge in [-0.3, -0.25) is 19.7 Å². The Balaban J connectivity index is 1.70. The van der Waals surface area contributed by atoms with Gasteiger partial charge in [0, 0.05) is 18.0 Å². The number of ketones is 1. The molecule has 1 aromatic carbocycles. The van der Waals surface area contributed by atoms with E-state index in [2.05, 4.69) is 10.6 Å². The van der Waals surface area contributed by atoms with E-state index in [1.54, 1.807) is 24.3 Å². The average Bonchev–Trinajstić information content (AvgIpc) is 3.23. The van der Waals surface area contributed by atoms with Crippen LogP contribution in [0, 0.1) is 0 Å². The minimum Gasteiger partial charge on any atom is -0.494 e. The Morgan fingerprint density at radius 2 is 1.73 bits per heavy atom. The Bertz CT molecular complexity index is 740. The molecule has 0 saturated heterocycles. The smallest absolute Gasteiger partial charge is 0.321 e. The molecular formula is C22H30N2O6. The van der Waals surface area contributed by atoms with Gasteiger partial charge in [-0.2, -0.15) is 0 Å². The lowest BCUT2D eigenvalue weighted by Gasteiger charge is -2.15. The summed E-state index contributed by atoms with van der Waals surface area (Å²) in [7, 11) is 0. The van der Waals surface area contributed by atoms with Crippen LogP contribution in [0.4, 0.5) is 4.79 Å². The third-order valence-corrected chi connectivity index (χ3v) is 4.81.